The Labute approximate surface area is 408 Å². The van der Waals surface area contributed by atoms with Crippen molar-refractivity contribution in [1.29, 1.82) is 0 Å². The van der Waals surface area contributed by atoms with Gasteiger partial charge in [-0.3, -0.25) is 19.2 Å². The molecule has 3 aliphatic heterocycles. The molecule has 384 valence electrons. The number of aliphatic hydroxyl groups is 2. The minimum absolute atomic E-state index is 0.0168. The molecule has 0 radical (unpaired) electrons. The Hall–Kier alpha value is -4.26. The van der Waals surface area contributed by atoms with Gasteiger partial charge in [-0.2, -0.15) is 4.80 Å². The highest BCUT2D eigenvalue weighted by Gasteiger charge is 2.53. The topological polar surface area (TPSA) is 219 Å². The number of nitrogens with zero attached hydrogens (tertiary/aromatic N) is 5. The number of allylic oxidation sites excluding steroid dienone is 6. The van der Waals surface area contributed by atoms with E-state index in [1.807, 2.05) is 58.1 Å². The van der Waals surface area contributed by atoms with Gasteiger partial charge < -0.3 is 38.8 Å². The van der Waals surface area contributed by atoms with E-state index < -0.39 is 77.8 Å². The predicted molar refractivity (Wildman–Crippen MR) is 256 cm³/mol. The number of aliphatic hydroxyl groups excluding tert-OH is 1. The summed E-state index contributed by atoms with van der Waals surface area (Å²) in [5.74, 6) is -7.94. The number of esters is 1. The molecule has 0 spiro atoms. The number of rotatable bonds is 7. The maximum Gasteiger partial charge on any atom is 0.329 e. The second kappa shape index (κ2) is 25.7. The van der Waals surface area contributed by atoms with Gasteiger partial charge in [0, 0.05) is 58.5 Å². The molecule has 17 nitrogen and oxygen atoms in total. The molecule has 3 fully saturated rings. The lowest BCUT2D eigenvalue weighted by Gasteiger charge is -2.42. The van der Waals surface area contributed by atoms with Crippen molar-refractivity contribution in [2.24, 2.45) is 35.5 Å². The molecule has 1 aliphatic carbocycles. The molecule has 1 amide bonds. The van der Waals surface area contributed by atoms with Gasteiger partial charge in [-0.25, -0.2) is 4.79 Å². The zero-order valence-electron chi connectivity index (χ0n) is 42.5. The molecule has 5 rings (SSSR count). The van der Waals surface area contributed by atoms with Gasteiger partial charge in [0.05, 0.1) is 24.4 Å². The molecule has 15 atom stereocenters. The number of hydrogen-bond acceptors (Lipinski definition) is 15. The van der Waals surface area contributed by atoms with Gasteiger partial charge in [0.1, 0.15) is 30.1 Å². The third-order valence-corrected chi connectivity index (χ3v) is 15.1. The normalized spacial score (nSPS) is 37.5. The van der Waals surface area contributed by atoms with Crippen LogP contribution in [0.25, 0.3) is 0 Å². The third kappa shape index (κ3) is 14.2. The Kier molecular flexibility index (Phi) is 20.8. The van der Waals surface area contributed by atoms with E-state index >= 15 is 0 Å². The number of fused-ring (bicyclic) bond motifs is 3. The molecule has 1 saturated carbocycles. The van der Waals surface area contributed by atoms with Crippen LogP contribution in [0.1, 0.15) is 132 Å². The van der Waals surface area contributed by atoms with Crippen LogP contribution in [0.2, 0.25) is 0 Å². The Morgan fingerprint density at radius 3 is 2.32 bits per heavy atom. The number of ether oxygens (including phenoxy) is 5. The van der Waals surface area contributed by atoms with Crippen LogP contribution in [0, 0.1) is 35.5 Å². The lowest BCUT2D eigenvalue weighted by atomic mass is 9.77. The Balaban J connectivity index is 1.46. The number of hydrogen-bond donors (Lipinski definition) is 2. The number of tetrazole rings is 1. The molecule has 4 aliphatic rings. The average molecular weight is 966 g/mol. The minimum Gasteiger partial charge on any atom is -0.460 e. The fourth-order valence-electron chi connectivity index (χ4n) is 10.7. The smallest absolute Gasteiger partial charge is 0.329 e. The third-order valence-electron chi connectivity index (χ3n) is 15.1. The van der Waals surface area contributed by atoms with Crippen molar-refractivity contribution in [2.75, 3.05) is 27.9 Å². The molecule has 2 saturated heterocycles. The number of carbonyl (C=O) groups is 5. The zero-order chi connectivity index (χ0) is 50.6. The molecule has 1 aromatic rings. The van der Waals surface area contributed by atoms with Crippen LogP contribution in [0.3, 0.4) is 0 Å². The summed E-state index contributed by atoms with van der Waals surface area (Å²) in [4.78, 5) is 73.9. The zero-order valence-corrected chi connectivity index (χ0v) is 42.5. The number of ketones is 3. The van der Waals surface area contributed by atoms with Crippen molar-refractivity contribution in [3.63, 3.8) is 0 Å². The summed E-state index contributed by atoms with van der Waals surface area (Å²) >= 11 is 0. The van der Waals surface area contributed by atoms with Crippen LogP contribution in [0.4, 0.5) is 0 Å². The maximum absolute atomic E-state index is 14.5. The van der Waals surface area contributed by atoms with Crippen molar-refractivity contribution in [3.8, 4) is 0 Å². The number of cyclic esters (lactones) is 1. The summed E-state index contributed by atoms with van der Waals surface area (Å²) in [6, 6.07) is -1.24. The predicted octanol–water partition coefficient (Wildman–Crippen LogP) is 6.05. The molecule has 17 heteroatoms. The monoisotopic (exact) mass is 966 g/mol. The first kappa shape index (κ1) is 55.7. The fourth-order valence-corrected chi connectivity index (χ4v) is 10.7. The quantitative estimate of drug-likeness (QED) is 0.181. The second-order valence-corrected chi connectivity index (χ2v) is 20.3. The number of aromatic nitrogens is 4. The molecule has 1 unspecified atom stereocenters. The van der Waals surface area contributed by atoms with E-state index in [0.717, 1.165) is 18.4 Å². The molecule has 2 bridgehead atoms. The maximum atomic E-state index is 14.5. The van der Waals surface area contributed by atoms with Gasteiger partial charge in [-0.1, -0.05) is 71.1 Å². The first-order chi connectivity index (χ1) is 32.8. The summed E-state index contributed by atoms with van der Waals surface area (Å²) in [5, 5.41) is 35.7. The van der Waals surface area contributed by atoms with Crippen molar-refractivity contribution < 1.29 is 57.9 Å². The Morgan fingerprint density at radius 1 is 0.884 bits per heavy atom. The number of Topliss-reactive ketones (excluding diaryl/α,β-unsaturated/α-hetero) is 3. The van der Waals surface area contributed by atoms with Crippen LogP contribution in [-0.2, 0) is 47.7 Å². The van der Waals surface area contributed by atoms with E-state index in [9.17, 15) is 34.2 Å². The molecule has 69 heavy (non-hydrogen) atoms. The van der Waals surface area contributed by atoms with E-state index in [4.69, 9.17) is 23.7 Å². The van der Waals surface area contributed by atoms with Gasteiger partial charge in [-0.15, -0.1) is 10.2 Å². The van der Waals surface area contributed by atoms with Crippen LogP contribution >= 0.6 is 0 Å². The Bertz CT molecular complexity index is 2020. The fraction of sp³-hybridized carbons (Fsp3) is 0.731. The van der Waals surface area contributed by atoms with Crippen LogP contribution in [0.5, 0.6) is 0 Å². The van der Waals surface area contributed by atoms with Crippen LogP contribution in [0.15, 0.2) is 53.9 Å². The molecule has 4 heterocycles. The van der Waals surface area contributed by atoms with E-state index in [0.29, 0.717) is 56.9 Å². The summed E-state index contributed by atoms with van der Waals surface area (Å²) in [7, 11) is 4.61. The molecule has 1 aromatic heterocycles. The lowest BCUT2D eigenvalue weighted by molar-refractivity contribution is -0.265. The molecular weight excluding hydrogens is 887 g/mol. The van der Waals surface area contributed by atoms with Crippen LogP contribution < -0.4 is 0 Å². The Morgan fingerprint density at radius 2 is 1.64 bits per heavy atom. The highest BCUT2D eigenvalue weighted by atomic mass is 16.6. The van der Waals surface area contributed by atoms with Crippen molar-refractivity contribution in [1.82, 2.24) is 25.1 Å². The summed E-state index contributed by atoms with van der Waals surface area (Å²) in [6.07, 6.45) is 13.7. The number of methoxy groups -OCH3 is 3. The standard InChI is InChI=1S/C52H79N5O12/c1-31-16-12-11-13-17-32(2)43(65-8)28-39-21-19-37(7)52(64,69-39)49(61)50(62)56-23-15-14-18-41(56)51(63)68-44(34(4)26-38-20-22-40(45(27-38)66-9)57-54-30-53-55-57)29-42(58)33(3)25-36(6)47(60)48(67-10)46(59)35(5)24-31/h11-13,16-17,25,30-31,33-35,37-41,43-45,47-48,60,64H,14-15,18-24,26-29H2,1-10H3/b13-11?,16-12+,32-17?,36-25+/t31-,33-,34-,35-,37-,38+,39+,40+,41+,43?,44+,45-,47-,48+,52-/m1/s1. The summed E-state index contributed by atoms with van der Waals surface area (Å²) < 4.78 is 29.9. The van der Waals surface area contributed by atoms with E-state index in [1.165, 1.54) is 18.3 Å². The average Bonchev–Trinajstić information content (AvgIpc) is 3.88. The van der Waals surface area contributed by atoms with Crippen LogP contribution in [-0.4, -0.2) is 141 Å². The summed E-state index contributed by atoms with van der Waals surface area (Å²) in [6.45, 7) is 12.8. The number of carbonyl (C=O) groups excluding carboxylic acids is 5. The van der Waals surface area contributed by atoms with E-state index in [-0.39, 0.29) is 60.9 Å². The highest BCUT2D eigenvalue weighted by molar-refractivity contribution is 6.39. The van der Waals surface area contributed by atoms with Crippen molar-refractivity contribution in [3.05, 3.63) is 53.9 Å². The molecule has 0 aromatic carbocycles. The largest absolute Gasteiger partial charge is 0.460 e. The molecule has 2 N–H and O–H groups in total. The number of amides is 1. The first-order valence-electron chi connectivity index (χ1n) is 25.0. The van der Waals surface area contributed by atoms with E-state index in [1.54, 1.807) is 45.9 Å². The second-order valence-electron chi connectivity index (χ2n) is 20.3. The van der Waals surface area contributed by atoms with Gasteiger partial charge in [0.25, 0.3) is 11.7 Å². The lowest BCUT2D eigenvalue weighted by Crippen LogP contribution is -2.61. The van der Waals surface area contributed by atoms with E-state index in [2.05, 4.69) is 15.4 Å². The highest BCUT2D eigenvalue weighted by Crippen LogP contribution is 2.39. The van der Waals surface area contributed by atoms with Gasteiger partial charge >= 0.3 is 5.97 Å². The minimum atomic E-state index is -2.43. The SMILES string of the molecule is COC1C[C@@H]2CC[C@@H](C)[C@@](O)(O2)C(=O)C(=O)N2CCCC[C@H]2C(=O)O[C@H]([C@H](C)C[C@@H]2CC[C@H](n3ncnn3)[C@H](OC)C2)CC(=O)[C@H](C)/C=C(\C)[C@@H](O)[C@@H](OC)C(=O)[C@H](C)C[C@H](C)/C=C/C=CC=C1C. The molecular formula is C52H79N5O12. The first-order valence-corrected chi connectivity index (χ1v) is 25.0. The van der Waals surface area contributed by atoms with Gasteiger partial charge in [0.15, 0.2) is 12.1 Å². The van der Waals surface area contributed by atoms with Gasteiger partial charge in [0.2, 0.25) is 5.79 Å². The van der Waals surface area contributed by atoms with Gasteiger partial charge in [-0.05, 0) is 112 Å². The summed E-state index contributed by atoms with van der Waals surface area (Å²) in [5.41, 5.74) is 1.27. The van der Waals surface area contributed by atoms with Crippen molar-refractivity contribution in [2.45, 2.75) is 180 Å². The number of piperidine rings is 1. The van der Waals surface area contributed by atoms with Crippen molar-refractivity contribution >= 4 is 29.2 Å².